The second-order valence-corrected chi connectivity index (χ2v) is 6.47. The molecule has 0 bridgehead atoms. The van der Waals surface area contributed by atoms with E-state index in [-0.39, 0.29) is 11.8 Å². The van der Waals surface area contributed by atoms with Crippen molar-refractivity contribution in [2.75, 3.05) is 11.6 Å². The van der Waals surface area contributed by atoms with Crippen LogP contribution in [0.15, 0.2) is 16.7 Å². The monoisotopic (exact) mass is 277 g/mol. The van der Waals surface area contributed by atoms with Crippen molar-refractivity contribution in [2.45, 2.75) is 31.7 Å². The summed E-state index contributed by atoms with van der Waals surface area (Å²) in [6.45, 7) is 0. The number of hydrogen-bond donors (Lipinski definition) is 1. The summed E-state index contributed by atoms with van der Waals surface area (Å²) < 4.78 is 31.6. The predicted molar refractivity (Wildman–Crippen MR) is 66.6 cm³/mol. The standard InChI is InChI=1S/C11H16ClNO3S/c12-6-2-8-17(14,15)13-10-3-1-4-11-9(10)5-7-16-11/h5,7,10,13H,1-4,6,8H2. The first kappa shape index (κ1) is 12.9. The summed E-state index contributed by atoms with van der Waals surface area (Å²) in [7, 11) is -3.24. The molecular weight excluding hydrogens is 262 g/mol. The van der Waals surface area contributed by atoms with Gasteiger partial charge in [-0.3, -0.25) is 0 Å². The van der Waals surface area contributed by atoms with Crippen molar-refractivity contribution in [1.29, 1.82) is 0 Å². The van der Waals surface area contributed by atoms with E-state index in [1.54, 1.807) is 6.26 Å². The van der Waals surface area contributed by atoms with Gasteiger partial charge in [-0.15, -0.1) is 11.6 Å². The molecule has 96 valence electrons. The van der Waals surface area contributed by atoms with Crippen LogP contribution in [0.4, 0.5) is 0 Å². The second-order valence-electron chi connectivity index (χ2n) is 4.22. The lowest BCUT2D eigenvalue weighted by atomic mass is 9.94. The van der Waals surface area contributed by atoms with Crippen LogP contribution in [0.3, 0.4) is 0 Å². The molecule has 0 saturated heterocycles. The first-order chi connectivity index (χ1) is 8.12. The van der Waals surface area contributed by atoms with E-state index in [1.807, 2.05) is 6.07 Å². The Hall–Kier alpha value is -0.520. The van der Waals surface area contributed by atoms with E-state index in [0.717, 1.165) is 30.6 Å². The molecule has 0 aromatic carbocycles. The van der Waals surface area contributed by atoms with Crippen LogP contribution in [0.25, 0.3) is 0 Å². The minimum absolute atomic E-state index is 0.0835. The van der Waals surface area contributed by atoms with E-state index in [0.29, 0.717) is 12.3 Å². The number of rotatable bonds is 5. The van der Waals surface area contributed by atoms with Crippen molar-refractivity contribution in [1.82, 2.24) is 4.72 Å². The highest BCUT2D eigenvalue weighted by atomic mass is 35.5. The summed E-state index contributed by atoms with van der Waals surface area (Å²) in [4.78, 5) is 0. The molecule has 1 atom stereocenters. The van der Waals surface area contributed by atoms with Crippen molar-refractivity contribution in [3.05, 3.63) is 23.7 Å². The minimum atomic E-state index is -3.24. The Balaban J connectivity index is 2.06. The number of hydrogen-bond acceptors (Lipinski definition) is 3. The predicted octanol–water partition coefficient (Wildman–Crippen LogP) is 2.21. The molecule has 1 aromatic rings. The van der Waals surface area contributed by atoms with Gasteiger partial charge < -0.3 is 4.42 Å². The summed E-state index contributed by atoms with van der Waals surface area (Å²) in [6, 6.07) is 1.71. The van der Waals surface area contributed by atoms with Crippen LogP contribution < -0.4 is 4.72 Å². The Bertz CT molecular complexity index is 469. The topological polar surface area (TPSA) is 59.3 Å². The van der Waals surface area contributed by atoms with Gasteiger partial charge in [0.25, 0.3) is 0 Å². The SMILES string of the molecule is O=S(=O)(CCCCl)NC1CCCc2occc21. The molecule has 0 fully saturated rings. The van der Waals surface area contributed by atoms with E-state index in [9.17, 15) is 8.42 Å². The van der Waals surface area contributed by atoms with Gasteiger partial charge in [-0.1, -0.05) is 0 Å². The molecule has 4 nitrogen and oxygen atoms in total. The largest absolute Gasteiger partial charge is 0.469 e. The molecular formula is C11H16ClNO3S. The number of furan rings is 1. The van der Waals surface area contributed by atoms with E-state index in [1.165, 1.54) is 0 Å². The van der Waals surface area contributed by atoms with Gasteiger partial charge in [0.15, 0.2) is 0 Å². The maximum Gasteiger partial charge on any atom is 0.212 e. The van der Waals surface area contributed by atoms with Crippen LogP contribution in [0.5, 0.6) is 0 Å². The van der Waals surface area contributed by atoms with Crippen molar-refractivity contribution in [3.63, 3.8) is 0 Å². The highest BCUT2D eigenvalue weighted by Crippen LogP contribution is 2.30. The van der Waals surface area contributed by atoms with Gasteiger partial charge in [0.2, 0.25) is 10.0 Å². The van der Waals surface area contributed by atoms with Crippen LogP contribution in [0.1, 0.15) is 36.6 Å². The molecule has 1 aromatic heterocycles. The highest BCUT2D eigenvalue weighted by molar-refractivity contribution is 7.89. The molecule has 0 radical (unpaired) electrons. The van der Waals surface area contributed by atoms with E-state index < -0.39 is 10.0 Å². The number of nitrogens with one attached hydrogen (secondary N) is 1. The average Bonchev–Trinajstić information content (AvgIpc) is 2.75. The molecule has 1 N–H and O–H groups in total. The summed E-state index contributed by atoms with van der Waals surface area (Å²) in [5.41, 5.74) is 0.977. The highest BCUT2D eigenvalue weighted by Gasteiger charge is 2.26. The van der Waals surface area contributed by atoms with Gasteiger partial charge >= 0.3 is 0 Å². The number of halogens is 1. The molecule has 0 saturated carbocycles. The van der Waals surface area contributed by atoms with Crippen LogP contribution in [0, 0.1) is 0 Å². The normalized spacial score (nSPS) is 20.2. The molecule has 1 aliphatic carbocycles. The minimum Gasteiger partial charge on any atom is -0.469 e. The summed E-state index contributed by atoms with van der Waals surface area (Å²) in [6.07, 6.45) is 4.76. The van der Waals surface area contributed by atoms with Crippen LogP contribution in [0.2, 0.25) is 0 Å². The third-order valence-electron chi connectivity index (χ3n) is 2.92. The quantitative estimate of drug-likeness (QED) is 0.840. The number of aryl methyl sites for hydroxylation is 1. The molecule has 1 unspecified atom stereocenters. The molecule has 2 rings (SSSR count). The molecule has 0 amide bonds. The van der Waals surface area contributed by atoms with E-state index in [4.69, 9.17) is 16.0 Å². The first-order valence-electron chi connectivity index (χ1n) is 5.74. The van der Waals surface area contributed by atoms with Gasteiger partial charge in [-0.05, 0) is 25.3 Å². The third-order valence-corrected chi connectivity index (χ3v) is 4.66. The molecule has 17 heavy (non-hydrogen) atoms. The zero-order chi connectivity index (χ0) is 12.3. The fourth-order valence-electron chi connectivity index (χ4n) is 2.13. The molecule has 1 aliphatic rings. The maximum atomic E-state index is 11.8. The smallest absolute Gasteiger partial charge is 0.212 e. The first-order valence-corrected chi connectivity index (χ1v) is 7.93. The Morgan fingerprint density at radius 3 is 3.12 bits per heavy atom. The Morgan fingerprint density at radius 1 is 1.53 bits per heavy atom. The molecule has 6 heteroatoms. The van der Waals surface area contributed by atoms with Crippen molar-refractivity contribution >= 4 is 21.6 Å². The Labute approximate surface area is 106 Å². The van der Waals surface area contributed by atoms with Gasteiger partial charge in [0, 0.05) is 17.9 Å². The van der Waals surface area contributed by atoms with Gasteiger partial charge in [0.05, 0.1) is 18.1 Å². The van der Waals surface area contributed by atoms with Gasteiger partial charge in [-0.25, -0.2) is 13.1 Å². The molecule has 1 heterocycles. The maximum absolute atomic E-state index is 11.8. The van der Waals surface area contributed by atoms with Crippen molar-refractivity contribution in [2.24, 2.45) is 0 Å². The van der Waals surface area contributed by atoms with Gasteiger partial charge in [-0.2, -0.15) is 0 Å². The fraction of sp³-hybridized carbons (Fsp3) is 0.636. The average molecular weight is 278 g/mol. The fourth-order valence-corrected chi connectivity index (χ4v) is 3.74. The van der Waals surface area contributed by atoms with Crippen LogP contribution in [-0.4, -0.2) is 20.1 Å². The van der Waals surface area contributed by atoms with Crippen molar-refractivity contribution < 1.29 is 12.8 Å². The third kappa shape index (κ3) is 3.24. The summed E-state index contributed by atoms with van der Waals surface area (Å²) >= 11 is 5.51. The van der Waals surface area contributed by atoms with E-state index in [2.05, 4.69) is 4.72 Å². The lowest BCUT2D eigenvalue weighted by Gasteiger charge is -2.22. The zero-order valence-electron chi connectivity index (χ0n) is 9.49. The summed E-state index contributed by atoms with van der Waals surface area (Å²) in [5.74, 6) is 1.35. The Kier molecular flexibility index (Phi) is 4.12. The van der Waals surface area contributed by atoms with Crippen LogP contribution >= 0.6 is 11.6 Å². The van der Waals surface area contributed by atoms with E-state index >= 15 is 0 Å². The number of fused-ring (bicyclic) bond motifs is 1. The zero-order valence-corrected chi connectivity index (χ0v) is 11.1. The van der Waals surface area contributed by atoms with Crippen LogP contribution in [-0.2, 0) is 16.4 Å². The summed E-state index contributed by atoms with van der Waals surface area (Å²) in [5, 5.41) is 0. The molecule has 0 spiro atoms. The molecule has 0 aliphatic heterocycles. The number of sulfonamides is 1. The number of alkyl halides is 1. The van der Waals surface area contributed by atoms with Crippen molar-refractivity contribution in [3.8, 4) is 0 Å². The lowest BCUT2D eigenvalue weighted by molar-refractivity contribution is 0.438. The lowest BCUT2D eigenvalue weighted by Crippen LogP contribution is -2.32. The van der Waals surface area contributed by atoms with Gasteiger partial charge in [0.1, 0.15) is 5.76 Å². The second kappa shape index (κ2) is 5.42. The Morgan fingerprint density at radius 2 is 2.35 bits per heavy atom.